The van der Waals surface area contributed by atoms with E-state index >= 15 is 0 Å². The summed E-state index contributed by atoms with van der Waals surface area (Å²) in [7, 11) is 3.21. The van der Waals surface area contributed by atoms with Gasteiger partial charge in [0.25, 0.3) is 5.91 Å². The number of nitrogens with zero attached hydrogens (tertiary/aromatic N) is 1. The first kappa shape index (κ1) is 20.6. The van der Waals surface area contributed by atoms with Gasteiger partial charge in [-0.1, -0.05) is 0 Å². The van der Waals surface area contributed by atoms with Crippen LogP contribution >= 0.6 is 23.6 Å². The Kier molecular flexibility index (Phi) is 6.99. The Labute approximate surface area is 177 Å². The summed E-state index contributed by atoms with van der Waals surface area (Å²) in [5, 5.41) is 8.12. The normalized spacial score (nSPS) is 10.1. The van der Waals surface area contributed by atoms with Crippen molar-refractivity contribution in [2.24, 2.45) is 0 Å². The molecule has 0 spiro atoms. The number of thiocarbonyl (C=S) groups is 1. The number of methoxy groups -OCH3 is 2. The summed E-state index contributed by atoms with van der Waals surface area (Å²) < 4.78 is 15.6. The summed E-state index contributed by atoms with van der Waals surface area (Å²) in [6, 6.07) is 14.5. The van der Waals surface area contributed by atoms with E-state index in [1.54, 1.807) is 38.5 Å². The lowest BCUT2D eigenvalue weighted by molar-refractivity contribution is -0.121. The number of aromatic nitrogens is 1. The van der Waals surface area contributed by atoms with Crippen LogP contribution in [0.1, 0.15) is 0 Å². The summed E-state index contributed by atoms with van der Waals surface area (Å²) >= 11 is 6.56. The van der Waals surface area contributed by atoms with E-state index in [9.17, 15) is 4.79 Å². The zero-order chi connectivity index (χ0) is 20.6. The highest BCUT2D eigenvalue weighted by atomic mass is 32.1. The zero-order valence-corrected chi connectivity index (χ0v) is 17.4. The minimum absolute atomic E-state index is 0.156. The van der Waals surface area contributed by atoms with Crippen LogP contribution in [-0.2, 0) is 4.79 Å². The standard InChI is InChI=1S/C20H19N3O4S2/c1-25-14-5-3-13(4-6-14)17-12-29-20(21-17)23-19(28)22-18(24)11-27-16-9-7-15(26-2)8-10-16/h3-10,12H,11H2,1-2H3,(H2,21,22,23,24,28). The predicted molar refractivity (Wildman–Crippen MR) is 117 cm³/mol. The molecule has 150 valence electrons. The lowest BCUT2D eigenvalue weighted by Crippen LogP contribution is -2.37. The number of hydrogen-bond donors (Lipinski definition) is 2. The van der Waals surface area contributed by atoms with E-state index in [-0.39, 0.29) is 17.6 Å². The smallest absolute Gasteiger partial charge is 0.264 e. The number of ether oxygens (including phenoxy) is 3. The molecule has 3 rings (SSSR count). The number of carbonyl (C=O) groups is 1. The van der Waals surface area contributed by atoms with E-state index in [0.29, 0.717) is 16.6 Å². The first-order chi connectivity index (χ1) is 14.1. The van der Waals surface area contributed by atoms with Gasteiger partial charge in [-0.05, 0) is 60.7 Å². The van der Waals surface area contributed by atoms with Gasteiger partial charge in [-0.2, -0.15) is 0 Å². The molecule has 0 radical (unpaired) electrons. The lowest BCUT2D eigenvalue weighted by Gasteiger charge is -2.09. The van der Waals surface area contributed by atoms with E-state index in [4.69, 9.17) is 26.4 Å². The van der Waals surface area contributed by atoms with Gasteiger partial charge in [0.05, 0.1) is 19.9 Å². The van der Waals surface area contributed by atoms with Crippen LogP contribution in [0.15, 0.2) is 53.9 Å². The molecule has 0 aliphatic carbocycles. The van der Waals surface area contributed by atoms with E-state index in [0.717, 1.165) is 17.0 Å². The molecule has 1 aromatic heterocycles. The highest BCUT2D eigenvalue weighted by Gasteiger charge is 2.09. The molecule has 0 fully saturated rings. The van der Waals surface area contributed by atoms with Crippen LogP contribution in [0.25, 0.3) is 11.3 Å². The van der Waals surface area contributed by atoms with Crippen molar-refractivity contribution in [1.29, 1.82) is 0 Å². The van der Waals surface area contributed by atoms with Crippen molar-refractivity contribution in [3.05, 3.63) is 53.9 Å². The van der Waals surface area contributed by atoms with Crippen molar-refractivity contribution >= 4 is 39.7 Å². The quantitative estimate of drug-likeness (QED) is 0.554. The molecule has 0 aliphatic heterocycles. The van der Waals surface area contributed by atoms with Crippen LogP contribution in [0.5, 0.6) is 17.2 Å². The molecule has 2 N–H and O–H groups in total. The lowest BCUT2D eigenvalue weighted by atomic mass is 10.2. The van der Waals surface area contributed by atoms with Gasteiger partial charge in [0.2, 0.25) is 0 Å². The Morgan fingerprint density at radius 1 is 1.00 bits per heavy atom. The maximum Gasteiger partial charge on any atom is 0.264 e. The summed E-state index contributed by atoms with van der Waals surface area (Å²) in [6.07, 6.45) is 0. The summed E-state index contributed by atoms with van der Waals surface area (Å²) in [5.41, 5.74) is 1.76. The molecule has 1 amide bonds. The molecular weight excluding hydrogens is 410 g/mol. The number of anilines is 1. The molecule has 0 atom stereocenters. The first-order valence-electron chi connectivity index (χ1n) is 8.55. The zero-order valence-electron chi connectivity index (χ0n) is 15.8. The van der Waals surface area contributed by atoms with Crippen molar-refractivity contribution in [2.45, 2.75) is 0 Å². The second-order valence-corrected chi connectivity index (χ2v) is 7.00. The minimum atomic E-state index is -0.370. The highest BCUT2D eigenvalue weighted by Crippen LogP contribution is 2.26. The van der Waals surface area contributed by atoms with Crippen LogP contribution in [0, 0.1) is 0 Å². The van der Waals surface area contributed by atoms with Gasteiger partial charge in [0.15, 0.2) is 16.9 Å². The Balaban J connectivity index is 1.48. The van der Waals surface area contributed by atoms with Gasteiger partial charge >= 0.3 is 0 Å². The van der Waals surface area contributed by atoms with E-state index in [1.165, 1.54) is 11.3 Å². The van der Waals surface area contributed by atoms with Gasteiger partial charge in [-0.25, -0.2) is 4.98 Å². The molecule has 0 saturated heterocycles. The molecule has 0 bridgehead atoms. The van der Waals surface area contributed by atoms with Gasteiger partial charge in [-0.15, -0.1) is 11.3 Å². The molecule has 7 nitrogen and oxygen atoms in total. The number of nitrogens with one attached hydrogen (secondary N) is 2. The van der Waals surface area contributed by atoms with Gasteiger partial charge < -0.3 is 19.5 Å². The monoisotopic (exact) mass is 429 g/mol. The fraction of sp³-hybridized carbons (Fsp3) is 0.150. The van der Waals surface area contributed by atoms with Crippen LogP contribution < -0.4 is 24.8 Å². The fourth-order valence-electron chi connectivity index (χ4n) is 2.34. The summed E-state index contributed by atoms with van der Waals surface area (Å²) in [4.78, 5) is 16.5. The molecule has 3 aromatic rings. The second kappa shape index (κ2) is 9.85. The molecule has 2 aromatic carbocycles. The molecule has 9 heteroatoms. The van der Waals surface area contributed by atoms with E-state index in [1.807, 2.05) is 29.6 Å². The van der Waals surface area contributed by atoms with Crippen molar-refractivity contribution in [3.63, 3.8) is 0 Å². The average Bonchev–Trinajstić information content (AvgIpc) is 3.21. The highest BCUT2D eigenvalue weighted by molar-refractivity contribution is 7.80. The Morgan fingerprint density at radius 2 is 1.59 bits per heavy atom. The maximum absolute atomic E-state index is 12.0. The first-order valence-corrected chi connectivity index (χ1v) is 9.84. The predicted octanol–water partition coefficient (Wildman–Crippen LogP) is 3.72. The van der Waals surface area contributed by atoms with Gasteiger partial charge in [0.1, 0.15) is 17.2 Å². The summed E-state index contributed by atoms with van der Waals surface area (Å²) in [5.74, 6) is 1.68. The second-order valence-electron chi connectivity index (χ2n) is 5.73. The number of rotatable bonds is 7. The number of hydrogen-bond acceptors (Lipinski definition) is 7. The molecular formula is C20H19N3O4S2. The number of thiazole rings is 1. The Hall–Kier alpha value is -3.17. The molecule has 29 heavy (non-hydrogen) atoms. The molecule has 0 saturated carbocycles. The van der Waals surface area contributed by atoms with E-state index < -0.39 is 0 Å². The molecule has 1 heterocycles. The summed E-state index contributed by atoms with van der Waals surface area (Å²) in [6.45, 7) is -0.164. The number of carbonyl (C=O) groups excluding carboxylic acids is 1. The largest absolute Gasteiger partial charge is 0.497 e. The topological polar surface area (TPSA) is 81.7 Å². The fourth-order valence-corrected chi connectivity index (χ4v) is 3.34. The van der Waals surface area contributed by atoms with Crippen molar-refractivity contribution in [3.8, 4) is 28.5 Å². The third-order valence-corrected chi connectivity index (χ3v) is 4.75. The van der Waals surface area contributed by atoms with Crippen molar-refractivity contribution in [1.82, 2.24) is 10.3 Å². The van der Waals surface area contributed by atoms with E-state index in [2.05, 4.69) is 15.6 Å². The van der Waals surface area contributed by atoms with Crippen LogP contribution in [0.2, 0.25) is 0 Å². The van der Waals surface area contributed by atoms with Crippen molar-refractivity contribution < 1.29 is 19.0 Å². The number of amides is 1. The Morgan fingerprint density at radius 3 is 2.21 bits per heavy atom. The van der Waals surface area contributed by atoms with Crippen LogP contribution in [0.4, 0.5) is 5.13 Å². The SMILES string of the molecule is COc1ccc(OCC(=O)NC(=S)Nc2nc(-c3ccc(OC)cc3)cs2)cc1. The number of benzene rings is 2. The van der Waals surface area contributed by atoms with Gasteiger partial charge in [0, 0.05) is 10.9 Å². The average molecular weight is 430 g/mol. The third kappa shape index (κ3) is 5.90. The molecule has 0 aliphatic rings. The maximum atomic E-state index is 12.0. The van der Waals surface area contributed by atoms with Gasteiger partial charge in [-0.3, -0.25) is 10.1 Å². The minimum Gasteiger partial charge on any atom is -0.497 e. The molecule has 0 unspecified atom stereocenters. The van der Waals surface area contributed by atoms with Crippen LogP contribution in [0.3, 0.4) is 0 Å². The van der Waals surface area contributed by atoms with Crippen LogP contribution in [-0.4, -0.2) is 36.8 Å². The third-order valence-electron chi connectivity index (χ3n) is 3.79. The Bertz CT molecular complexity index is 972. The van der Waals surface area contributed by atoms with Crippen molar-refractivity contribution in [2.75, 3.05) is 26.1 Å².